The first-order chi connectivity index (χ1) is 8.84. The molecule has 1 unspecified atom stereocenters. The lowest BCUT2D eigenvalue weighted by molar-refractivity contribution is 0.885. The Kier molecular flexibility index (Phi) is 3.03. The molecule has 2 nitrogen and oxygen atoms in total. The van der Waals surface area contributed by atoms with E-state index in [1.54, 1.807) is 0 Å². The van der Waals surface area contributed by atoms with Crippen LogP contribution in [0.5, 0.6) is 0 Å². The Morgan fingerprint density at radius 3 is 2.78 bits per heavy atom. The molecule has 0 amide bonds. The smallest absolute Gasteiger partial charge is 0.102 e. The summed E-state index contributed by atoms with van der Waals surface area (Å²) in [6.45, 7) is 0.748. The minimum absolute atomic E-state index is 0.0231. The number of fused-ring (bicyclic) bond motifs is 1. The van der Waals surface area contributed by atoms with Gasteiger partial charge in [-0.1, -0.05) is 41.9 Å². The Morgan fingerprint density at radius 2 is 1.94 bits per heavy atom. The molecule has 1 N–H and O–H groups in total. The van der Waals surface area contributed by atoms with E-state index >= 15 is 0 Å². The molecule has 0 bridgehead atoms. The van der Waals surface area contributed by atoms with Crippen molar-refractivity contribution >= 4 is 23.5 Å². The largest absolute Gasteiger partial charge is 0.380 e. The third kappa shape index (κ3) is 2.12. The number of benzene rings is 2. The molecule has 3 rings (SSSR count). The van der Waals surface area contributed by atoms with Gasteiger partial charge in [0.05, 0.1) is 0 Å². The number of nitrogens with zero attached hydrogens (tertiary/aromatic N) is 1. The van der Waals surface area contributed by atoms with Gasteiger partial charge in [0.1, 0.15) is 6.04 Å². The molecule has 1 aliphatic heterocycles. The van der Waals surface area contributed by atoms with Crippen molar-refractivity contribution in [3.05, 3.63) is 64.7 Å². The van der Waals surface area contributed by atoms with Gasteiger partial charge in [-0.3, -0.25) is 4.99 Å². The zero-order valence-electron chi connectivity index (χ0n) is 9.81. The van der Waals surface area contributed by atoms with Crippen molar-refractivity contribution in [3.8, 4) is 0 Å². The number of hydrogen-bond donors (Lipinski definition) is 1. The summed E-state index contributed by atoms with van der Waals surface area (Å²) in [4.78, 5) is 4.63. The lowest BCUT2D eigenvalue weighted by Gasteiger charge is -2.15. The summed E-state index contributed by atoms with van der Waals surface area (Å²) in [6.07, 6.45) is 1.92. The van der Waals surface area contributed by atoms with Crippen molar-refractivity contribution in [2.75, 3.05) is 11.9 Å². The third-order valence-corrected chi connectivity index (χ3v) is 3.30. The van der Waals surface area contributed by atoms with E-state index in [2.05, 4.69) is 22.4 Å². The van der Waals surface area contributed by atoms with Gasteiger partial charge in [0, 0.05) is 29.0 Å². The number of nitrogens with one attached hydrogen (secondary N) is 1. The van der Waals surface area contributed by atoms with Crippen LogP contribution in [0.4, 0.5) is 5.69 Å². The van der Waals surface area contributed by atoms with Gasteiger partial charge in [-0.05, 0) is 23.8 Å². The first kappa shape index (κ1) is 11.3. The second-order valence-corrected chi connectivity index (χ2v) is 4.69. The molecule has 0 spiro atoms. The highest BCUT2D eigenvalue weighted by atomic mass is 35.5. The van der Waals surface area contributed by atoms with E-state index in [4.69, 9.17) is 11.6 Å². The molecule has 0 aromatic heterocycles. The maximum Gasteiger partial charge on any atom is 0.102 e. The summed E-state index contributed by atoms with van der Waals surface area (Å²) in [7, 11) is 0. The average Bonchev–Trinajstić information content (AvgIpc) is 2.61. The Labute approximate surface area is 111 Å². The molecule has 2 aromatic rings. The monoisotopic (exact) mass is 256 g/mol. The van der Waals surface area contributed by atoms with Crippen LogP contribution < -0.4 is 5.32 Å². The zero-order chi connectivity index (χ0) is 12.4. The predicted octanol–water partition coefficient (Wildman–Crippen LogP) is 3.93. The minimum atomic E-state index is 0.0231. The van der Waals surface area contributed by atoms with Crippen LogP contribution in [-0.4, -0.2) is 12.8 Å². The SMILES string of the molecule is Clc1ccc2c(c1)C(c1ccccc1)N=CCN2. The van der Waals surface area contributed by atoms with Crippen LogP contribution in [0.3, 0.4) is 0 Å². The van der Waals surface area contributed by atoms with Gasteiger partial charge in [-0.25, -0.2) is 0 Å². The lowest BCUT2D eigenvalue weighted by atomic mass is 9.98. The molecular formula is C15H13ClN2. The molecule has 0 saturated heterocycles. The van der Waals surface area contributed by atoms with Gasteiger partial charge in [0.15, 0.2) is 0 Å². The van der Waals surface area contributed by atoms with E-state index in [1.807, 2.05) is 42.6 Å². The normalized spacial score (nSPS) is 17.7. The summed E-state index contributed by atoms with van der Waals surface area (Å²) >= 11 is 6.10. The fourth-order valence-electron chi connectivity index (χ4n) is 2.22. The van der Waals surface area contributed by atoms with E-state index in [1.165, 1.54) is 5.56 Å². The molecule has 1 heterocycles. The number of rotatable bonds is 1. The second-order valence-electron chi connectivity index (χ2n) is 4.26. The molecule has 3 heteroatoms. The number of hydrogen-bond acceptors (Lipinski definition) is 2. The summed E-state index contributed by atoms with van der Waals surface area (Å²) < 4.78 is 0. The fraction of sp³-hybridized carbons (Fsp3) is 0.133. The van der Waals surface area contributed by atoms with Crippen molar-refractivity contribution in [2.24, 2.45) is 4.99 Å². The second kappa shape index (κ2) is 4.83. The van der Waals surface area contributed by atoms with Gasteiger partial charge < -0.3 is 5.32 Å². The summed E-state index contributed by atoms with van der Waals surface area (Å²) in [5, 5.41) is 4.09. The van der Waals surface area contributed by atoms with Crippen LogP contribution in [-0.2, 0) is 0 Å². The summed E-state index contributed by atoms with van der Waals surface area (Å²) in [5.41, 5.74) is 3.41. The Balaban J connectivity index is 2.13. The van der Waals surface area contributed by atoms with Crippen LogP contribution in [0.1, 0.15) is 17.2 Å². The lowest BCUT2D eigenvalue weighted by Crippen LogP contribution is -2.02. The standard InChI is InChI=1S/C15H13ClN2/c16-12-6-7-14-13(10-12)15(18-9-8-17-14)11-4-2-1-3-5-11/h1-7,9-10,15,17H,8H2. The summed E-state index contributed by atoms with van der Waals surface area (Å²) in [6, 6.07) is 16.2. The van der Waals surface area contributed by atoms with Crippen molar-refractivity contribution in [3.63, 3.8) is 0 Å². The van der Waals surface area contributed by atoms with Crippen molar-refractivity contribution in [1.82, 2.24) is 0 Å². The highest BCUT2D eigenvalue weighted by molar-refractivity contribution is 6.30. The van der Waals surface area contributed by atoms with Crippen LogP contribution >= 0.6 is 11.6 Å². The zero-order valence-corrected chi connectivity index (χ0v) is 10.6. The van der Waals surface area contributed by atoms with E-state index in [0.717, 1.165) is 22.8 Å². The topological polar surface area (TPSA) is 24.4 Å². The maximum absolute atomic E-state index is 6.10. The molecule has 1 aliphatic rings. The molecule has 18 heavy (non-hydrogen) atoms. The Morgan fingerprint density at radius 1 is 1.11 bits per heavy atom. The number of halogens is 1. The van der Waals surface area contributed by atoms with Crippen LogP contribution in [0.15, 0.2) is 53.5 Å². The van der Waals surface area contributed by atoms with Crippen LogP contribution in [0.25, 0.3) is 0 Å². The molecule has 0 saturated carbocycles. The number of anilines is 1. The number of aliphatic imine (C=N–C) groups is 1. The van der Waals surface area contributed by atoms with Crippen LogP contribution in [0.2, 0.25) is 5.02 Å². The van der Waals surface area contributed by atoms with E-state index < -0.39 is 0 Å². The van der Waals surface area contributed by atoms with E-state index in [9.17, 15) is 0 Å². The Hall–Kier alpha value is -1.80. The molecular weight excluding hydrogens is 244 g/mol. The Bertz CT molecular complexity index is 578. The maximum atomic E-state index is 6.10. The van der Waals surface area contributed by atoms with E-state index in [0.29, 0.717) is 0 Å². The molecule has 0 aliphatic carbocycles. The van der Waals surface area contributed by atoms with Gasteiger partial charge in [-0.2, -0.15) is 0 Å². The van der Waals surface area contributed by atoms with Crippen molar-refractivity contribution in [1.29, 1.82) is 0 Å². The third-order valence-electron chi connectivity index (χ3n) is 3.06. The quantitative estimate of drug-likeness (QED) is 0.822. The van der Waals surface area contributed by atoms with Gasteiger partial charge in [-0.15, -0.1) is 0 Å². The van der Waals surface area contributed by atoms with Gasteiger partial charge in [0.25, 0.3) is 0 Å². The molecule has 90 valence electrons. The average molecular weight is 257 g/mol. The minimum Gasteiger partial charge on any atom is -0.380 e. The molecule has 1 atom stereocenters. The van der Waals surface area contributed by atoms with E-state index in [-0.39, 0.29) is 6.04 Å². The van der Waals surface area contributed by atoms with Gasteiger partial charge in [0.2, 0.25) is 0 Å². The van der Waals surface area contributed by atoms with Crippen molar-refractivity contribution < 1.29 is 0 Å². The highest BCUT2D eigenvalue weighted by Crippen LogP contribution is 2.34. The van der Waals surface area contributed by atoms with Gasteiger partial charge >= 0.3 is 0 Å². The fourth-order valence-corrected chi connectivity index (χ4v) is 2.40. The van der Waals surface area contributed by atoms with Crippen LogP contribution in [0, 0.1) is 0 Å². The molecule has 0 fully saturated rings. The predicted molar refractivity (Wildman–Crippen MR) is 76.7 cm³/mol. The molecule has 2 aromatic carbocycles. The highest BCUT2D eigenvalue weighted by Gasteiger charge is 2.18. The first-order valence-electron chi connectivity index (χ1n) is 5.94. The van der Waals surface area contributed by atoms with Crippen molar-refractivity contribution in [2.45, 2.75) is 6.04 Å². The summed E-state index contributed by atoms with van der Waals surface area (Å²) in [5.74, 6) is 0. The first-order valence-corrected chi connectivity index (χ1v) is 6.32. The molecule has 0 radical (unpaired) electrons.